The number of methoxy groups -OCH3 is 2. The molecule has 6 heteroatoms. The summed E-state index contributed by atoms with van der Waals surface area (Å²) in [5, 5.41) is 3.32. The highest BCUT2D eigenvalue weighted by Crippen LogP contribution is 2.15. The molecule has 0 radical (unpaired) electrons. The van der Waals surface area contributed by atoms with Crippen LogP contribution >= 0.6 is 11.6 Å². The van der Waals surface area contributed by atoms with E-state index in [2.05, 4.69) is 14.8 Å². The van der Waals surface area contributed by atoms with Gasteiger partial charge in [0.05, 0.1) is 20.3 Å². The van der Waals surface area contributed by atoms with Crippen molar-refractivity contribution in [2.24, 2.45) is 0 Å². The van der Waals surface area contributed by atoms with Crippen molar-refractivity contribution in [3.8, 4) is 0 Å². The predicted molar refractivity (Wildman–Crippen MR) is 67.2 cm³/mol. The molecule has 0 aliphatic carbocycles. The number of esters is 2. The van der Waals surface area contributed by atoms with E-state index in [0.29, 0.717) is 10.7 Å². The zero-order valence-corrected chi connectivity index (χ0v) is 10.7. The molecule has 0 amide bonds. The summed E-state index contributed by atoms with van der Waals surface area (Å²) >= 11 is 5.74. The minimum atomic E-state index is -0.671. The van der Waals surface area contributed by atoms with Crippen molar-refractivity contribution in [3.05, 3.63) is 41.1 Å². The lowest BCUT2D eigenvalue weighted by Gasteiger charge is -2.08. The standard InChI is InChI=1S/C12H12ClNO4/c1-17-11(15)7-10(12(16)18-2)14-9-5-3-8(13)4-6-9/h3-7,14H,1-2H3/b10-7+. The highest BCUT2D eigenvalue weighted by atomic mass is 35.5. The SMILES string of the molecule is COC(=O)/C=C(/Nc1ccc(Cl)cc1)C(=O)OC. The first kappa shape index (κ1) is 14.1. The van der Waals surface area contributed by atoms with Gasteiger partial charge in [-0.15, -0.1) is 0 Å². The zero-order valence-electron chi connectivity index (χ0n) is 9.90. The van der Waals surface area contributed by atoms with E-state index in [1.807, 2.05) is 0 Å². The van der Waals surface area contributed by atoms with Gasteiger partial charge in [0.2, 0.25) is 0 Å². The summed E-state index contributed by atoms with van der Waals surface area (Å²) in [6, 6.07) is 6.63. The highest BCUT2D eigenvalue weighted by Gasteiger charge is 2.12. The van der Waals surface area contributed by atoms with E-state index in [4.69, 9.17) is 11.6 Å². The second-order valence-corrected chi connectivity index (χ2v) is 3.64. The Morgan fingerprint density at radius 1 is 1.17 bits per heavy atom. The Balaban J connectivity index is 2.91. The van der Waals surface area contributed by atoms with Gasteiger partial charge < -0.3 is 14.8 Å². The highest BCUT2D eigenvalue weighted by molar-refractivity contribution is 6.30. The van der Waals surface area contributed by atoms with Crippen LogP contribution in [0.25, 0.3) is 0 Å². The molecule has 5 nitrogen and oxygen atoms in total. The Bertz CT molecular complexity index is 467. The third kappa shape index (κ3) is 4.10. The lowest BCUT2D eigenvalue weighted by atomic mass is 10.3. The Morgan fingerprint density at radius 3 is 2.28 bits per heavy atom. The lowest BCUT2D eigenvalue weighted by Crippen LogP contribution is -2.15. The Hall–Kier alpha value is -2.01. The fourth-order valence-corrected chi connectivity index (χ4v) is 1.25. The summed E-state index contributed by atoms with van der Waals surface area (Å²) in [6.07, 6.45) is 1.01. The molecule has 0 saturated heterocycles. The Labute approximate surface area is 109 Å². The predicted octanol–water partition coefficient (Wildman–Crippen LogP) is 1.98. The fraction of sp³-hybridized carbons (Fsp3) is 0.167. The minimum Gasteiger partial charge on any atom is -0.466 e. The van der Waals surface area contributed by atoms with Crippen molar-refractivity contribution in [2.45, 2.75) is 0 Å². The molecule has 1 aromatic rings. The zero-order chi connectivity index (χ0) is 13.5. The number of nitrogens with one attached hydrogen (secondary N) is 1. The molecule has 1 rings (SSSR count). The average molecular weight is 270 g/mol. The van der Waals surface area contributed by atoms with E-state index in [1.165, 1.54) is 14.2 Å². The van der Waals surface area contributed by atoms with E-state index < -0.39 is 11.9 Å². The normalized spacial score (nSPS) is 10.7. The van der Waals surface area contributed by atoms with Crippen molar-refractivity contribution in [1.29, 1.82) is 0 Å². The topological polar surface area (TPSA) is 64.6 Å². The quantitative estimate of drug-likeness (QED) is 0.669. The van der Waals surface area contributed by atoms with Crippen LogP contribution in [0.1, 0.15) is 0 Å². The summed E-state index contributed by atoms with van der Waals surface area (Å²) in [7, 11) is 2.44. The van der Waals surface area contributed by atoms with Crippen molar-refractivity contribution < 1.29 is 19.1 Å². The first-order chi connectivity index (χ1) is 8.56. The van der Waals surface area contributed by atoms with Crippen LogP contribution in [0.3, 0.4) is 0 Å². The van der Waals surface area contributed by atoms with Crippen LogP contribution < -0.4 is 5.32 Å². The first-order valence-corrected chi connectivity index (χ1v) is 5.35. The van der Waals surface area contributed by atoms with E-state index in [0.717, 1.165) is 6.08 Å². The lowest BCUT2D eigenvalue weighted by molar-refractivity contribution is -0.138. The molecule has 0 saturated carbocycles. The molecule has 0 heterocycles. The molecule has 0 atom stereocenters. The Morgan fingerprint density at radius 2 is 1.78 bits per heavy atom. The van der Waals surface area contributed by atoms with Crippen LogP contribution in [-0.4, -0.2) is 26.2 Å². The second-order valence-electron chi connectivity index (χ2n) is 3.20. The smallest absolute Gasteiger partial charge is 0.354 e. The van der Waals surface area contributed by atoms with Crippen LogP contribution in [0.15, 0.2) is 36.0 Å². The maximum Gasteiger partial charge on any atom is 0.354 e. The third-order valence-corrected chi connectivity index (χ3v) is 2.24. The largest absolute Gasteiger partial charge is 0.466 e. The monoisotopic (exact) mass is 269 g/mol. The molecule has 18 heavy (non-hydrogen) atoms. The number of carbonyl (C=O) groups excluding carboxylic acids is 2. The number of rotatable bonds is 4. The minimum absolute atomic E-state index is 0.0216. The van der Waals surface area contributed by atoms with Gasteiger partial charge in [0.25, 0.3) is 0 Å². The molecule has 0 fully saturated rings. The van der Waals surface area contributed by atoms with Crippen molar-refractivity contribution in [3.63, 3.8) is 0 Å². The van der Waals surface area contributed by atoms with E-state index in [1.54, 1.807) is 24.3 Å². The number of ether oxygens (including phenoxy) is 2. The third-order valence-electron chi connectivity index (χ3n) is 1.99. The van der Waals surface area contributed by atoms with Crippen molar-refractivity contribution >= 4 is 29.2 Å². The Kier molecular flexibility index (Phi) is 5.20. The maximum absolute atomic E-state index is 11.4. The van der Waals surface area contributed by atoms with Crippen LogP contribution in [-0.2, 0) is 19.1 Å². The molecular weight excluding hydrogens is 258 g/mol. The van der Waals surface area contributed by atoms with Gasteiger partial charge in [-0.3, -0.25) is 0 Å². The molecule has 0 bridgehead atoms. The first-order valence-electron chi connectivity index (χ1n) is 4.97. The van der Waals surface area contributed by atoms with Gasteiger partial charge in [-0.1, -0.05) is 11.6 Å². The van der Waals surface area contributed by atoms with Gasteiger partial charge in [0.1, 0.15) is 5.70 Å². The van der Waals surface area contributed by atoms with Gasteiger partial charge in [-0.05, 0) is 24.3 Å². The van der Waals surface area contributed by atoms with Gasteiger partial charge in [0.15, 0.2) is 0 Å². The molecule has 0 aromatic heterocycles. The molecule has 1 aromatic carbocycles. The van der Waals surface area contributed by atoms with Crippen LogP contribution in [0, 0.1) is 0 Å². The molecule has 0 aliphatic heterocycles. The molecular formula is C12H12ClNO4. The van der Waals surface area contributed by atoms with Crippen molar-refractivity contribution in [1.82, 2.24) is 0 Å². The summed E-state index contributed by atoms with van der Waals surface area (Å²) < 4.78 is 9.00. The van der Waals surface area contributed by atoms with Crippen LogP contribution in [0.4, 0.5) is 5.69 Å². The molecule has 0 spiro atoms. The molecule has 0 unspecified atom stereocenters. The van der Waals surface area contributed by atoms with Gasteiger partial charge in [0, 0.05) is 10.7 Å². The summed E-state index contributed by atoms with van der Waals surface area (Å²) in [5.41, 5.74) is 0.576. The number of carbonyl (C=O) groups is 2. The summed E-state index contributed by atoms with van der Waals surface area (Å²) in [4.78, 5) is 22.6. The fourth-order valence-electron chi connectivity index (χ4n) is 1.12. The number of anilines is 1. The van der Waals surface area contributed by atoms with E-state index in [-0.39, 0.29) is 5.70 Å². The number of hydrogen-bond donors (Lipinski definition) is 1. The number of halogens is 1. The summed E-state index contributed by atoms with van der Waals surface area (Å²) in [6.45, 7) is 0. The molecule has 96 valence electrons. The van der Waals surface area contributed by atoms with Gasteiger partial charge >= 0.3 is 11.9 Å². The molecule has 0 aliphatic rings. The van der Waals surface area contributed by atoms with Gasteiger partial charge in [-0.2, -0.15) is 0 Å². The van der Waals surface area contributed by atoms with E-state index >= 15 is 0 Å². The number of benzene rings is 1. The van der Waals surface area contributed by atoms with Gasteiger partial charge in [-0.25, -0.2) is 9.59 Å². The summed E-state index contributed by atoms with van der Waals surface area (Å²) in [5.74, 6) is -1.33. The van der Waals surface area contributed by atoms with E-state index in [9.17, 15) is 9.59 Å². The van der Waals surface area contributed by atoms with Crippen LogP contribution in [0.2, 0.25) is 5.02 Å². The van der Waals surface area contributed by atoms with Crippen LogP contribution in [0.5, 0.6) is 0 Å². The van der Waals surface area contributed by atoms with Crippen molar-refractivity contribution in [2.75, 3.05) is 19.5 Å². The molecule has 1 N–H and O–H groups in total. The maximum atomic E-state index is 11.4. The number of hydrogen-bond acceptors (Lipinski definition) is 5. The second kappa shape index (κ2) is 6.66. The average Bonchev–Trinajstić information content (AvgIpc) is 2.39.